The van der Waals surface area contributed by atoms with E-state index < -0.39 is 10.9 Å². The molecule has 0 radical (unpaired) electrons. The zero-order valence-electron chi connectivity index (χ0n) is 10.7. The molecule has 0 atom stereocenters. The van der Waals surface area contributed by atoms with Gasteiger partial charge in [0, 0.05) is 24.0 Å². The molecule has 0 bridgehead atoms. The van der Waals surface area contributed by atoms with Gasteiger partial charge in [0.05, 0.1) is 8.71 Å². The van der Waals surface area contributed by atoms with Gasteiger partial charge >= 0.3 is 5.97 Å². The van der Waals surface area contributed by atoms with Crippen LogP contribution >= 0.6 is 27.3 Å². The number of nitro benzene ring substituents is 1. The maximum absolute atomic E-state index is 11.2. The highest BCUT2D eigenvalue weighted by Crippen LogP contribution is 2.24. The molecule has 0 unspecified atom stereocenters. The number of aromatic carboxylic acids is 1. The Balaban J connectivity index is 2.14. The van der Waals surface area contributed by atoms with Gasteiger partial charge in [0.25, 0.3) is 5.69 Å². The summed E-state index contributed by atoms with van der Waals surface area (Å²) in [5.74, 6) is -1.29. The van der Waals surface area contributed by atoms with Crippen LogP contribution in [0.3, 0.4) is 0 Å². The number of carbonyl (C=O) groups is 1. The molecule has 21 heavy (non-hydrogen) atoms. The van der Waals surface area contributed by atoms with Crippen molar-refractivity contribution in [3.8, 4) is 0 Å². The van der Waals surface area contributed by atoms with Gasteiger partial charge in [0.1, 0.15) is 5.56 Å². The van der Waals surface area contributed by atoms with E-state index in [1.54, 1.807) is 17.4 Å². The summed E-state index contributed by atoms with van der Waals surface area (Å²) >= 11 is 4.93. The molecule has 0 spiro atoms. The van der Waals surface area contributed by atoms with E-state index in [0.29, 0.717) is 12.1 Å². The molecular weight excluding hydrogens is 360 g/mol. The number of nitrogens with one attached hydrogen (secondary N) is 1. The molecule has 2 aromatic rings. The normalized spacial score (nSPS) is 10.5. The summed E-state index contributed by atoms with van der Waals surface area (Å²) in [6.45, 7) is 0.816. The summed E-state index contributed by atoms with van der Waals surface area (Å²) < 4.78 is 1.01. The lowest BCUT2D eigenvalue weighted by Gasteiger charge is -2.07. The average Bonchev–Trinajstić information content (AvgIpc) is 2.83. The Bertz CT molecular complexity index is 687. The molecule has 0 fully saturated rings. The quantitative estimate of drug-likeness (QED) is 0.600. The molecule has 110 valence electrons. The standard InChI is InChI=1S/C13H11BrN2O4S/c14-11-5-4-9(21-11)7-15-6-8-2-1-3-10(16(19)20)12(8)13(17)18/h1-5,15H,6-7H2,(H,17,18). The number of hydrogen-bond donors (Lipinski definition) is 2. The van der Waals surface area contributed by atoms with E-state index >= 15 is 0 Å². The Morgan fingerprint density at radius 2 is 2.10 bits per heavy atom. The highest BCUT2D eigenvalue weighted by molar-refractivity contribution is 9.11. The first kappa shape index (κ1) is 15.6. The van der Waals surface area contributed by atoms with Crippen molar-refractivity contribution in [1.29, 1.82) is 0 Å². The maximum atomic E-state index is 11.2. The zero-order chi connectivity index (χ0) is 15.4. The van der Waals surface area contributed by atoms with Crippen LogP contribution in [0, 0.1) is 10.1 Å². The Kier molecular flexibility index (Phi) is 5.05. The van der Waals surface area contributed by atoms with Crippen molar-refractivity contribution in [3.05, 3.63) is 60.2 Å². The molecule has 0 amide bonds. The highest BCUT2D eigenvalue weighted by atomic mass is 79.9. The van der Waals surface area contributed by atoms with Crippen molar-refractivity contribution in [2.24, 2.45) is 0 Å². The van der Waals surface area contributed by atoms with Gasteiger partial charge in [-0.15, -0.1) is 11.3 Å². The summed E-state index contributed by atoms with van der Waals surface area (Å²) in [6.07, 6.45) is 0. The number of nitro groups is 1. The van der Waals surface area contributed by atoms with E-state index in [2.05, 4.69) is 21.2 Å². The number of halogens is 1. The lowest BCUT2D eigenvalue weighted by atomic mass is 10.1. The minimum atomic E-state index is -1.29. The van der Waals surface area contributed by atoms with Crippen LogP contribution in [-0.4, -0.2) is 16.0 Å². The molecule has 0 saturated heterocycles. The Hall–Kier alpha value is -1.77. The third-order valence-corrected chi connectivity index (χ3v) is 4.41. The fourth-order valence-corrected chi connectivity index (χ4v) is 3.35. The fourth-order valence-electron chi connectivity index (χ4n) is 1.90. The van der Waals surface area contributed by atoms with Crippen LogP contribution in [-0.2, 0) is 13.1 Å². The lowest BCUT2D eigenvalue weighted by molar-refractivity contribution is -0.385. The summed E-state index contributed by atoms with van der Waals surface area (Å²) in [4.78, 5) is 22.6. The van der Waals surface area contributed by atoms with Crippen LogP contribution < -0.4 is 5.32 Å². The molecule has 2 N–H and O–H groups in total. The van der Waals surface area contributed by atoms with E-state index in [-0.39, 0.29) is 17.8 Å². The van der Waals surface area contributed by atoms with Crippen molar-refractivity contribution in [3.63, 3.8) is 0 Å². The van der Waals surface area contributed by atoms with Crippen LogP contribution in [0.2, 0.25) is 0 Å². The van der Waals surface area contributed by atoms with E-state index in [0.717, 1.165) is 8.66 Å². The predicted octanol–water partition coefficient (Wildman–Crippen LogP) is 3.41. The highest BCUT2D eigenvalue weighted by Gasteiger charge is 2.22. The molecule has 1 heterocycles. The third-order valence-electron chi connectivity index (χ3n) is 2.78. The summed E-state index contributed by atoms with van der Waals surface area (Å²) in [5.41, 5.74) is -0.254. The molecule has 2 rings (SSSR count). The van der Waals surface area contributed by atoms with Crippen LogP contribution in [0.4, 0.5) is 5.69 Å². The smallest absolute Gasteiger partial charge is 0.343 e. The van der Waals surface area contributed by atoms with Crippen molar-refractivity contribution < 1.29 is 14.8 Å². The van der Waals surface area contributed by atoms with Gasteiger partial charge < -0.3 is 10.4 Å². The van der Waals surface area contributed by atoms with Crippen LogP contribution in [0.1, 0.15) is 20.8 Å². The summed E-state index contributed by atoms with van der Waals surface area (Å²) in [7, 11) is 0. The SMILES string of the molecule is O=C(O)c1c(CNCc2ccc(Br)s2)cccc1[N+](=O)[O-]. The van der Waals surface area contributed by atoms with Crippen molar-refractivity contribution >= 4 is 38.9 Å². The van der Waals surface area contributed by atoms with E-state index in [9.17, 15) is 20.0 Å². The van der Waals surface area contributed by atoms with E-state index in [4.69, 9.17) is 0 Å². The summed E-state index contributed by atoms with van der Waals surface area (Å²) in [6, 6.07) is 8.14. The number of thiophene rings is 1. The Labute approximate surface area is 132 Å². The fraction of sp³-hybridized carbons (Fsp3) is 0.154. The van der Waals surface area contributed by atoms with Gasteiger partial charge in [0.15, 0.2) is 0 Å². The maximum Gasteiger partial charge on any atom is 0.343 e. The van der Waals surface area contributed by atoms with Gasteiger partial charge in [-0.2, -0.15) is 0 Å². The number of nitrogens with zero attached hydrogens (tertiary/aromatic N) is 1. The number of carboxylic acids is 1. The van der Waals surface area contributed by atoms with Crippen LogP contribution in [0.15, 0.2) is 34.1 Å². The number of rotatable bonds is 6. The Morgan fingerprint density at radius 1 is 1.33 bits per heavy atom. The van der Waals surface area contributed by atoms with Crippen molar-refractivity contribution in [1.82, 2.24) is 5.32 Å². The largest absolute Gasteiger partial charge is 0.477 e. The van der Waals surface area contributed by atoms with Crippen LogP contribution in [0.5, 0.6) is 0 Å². The zero-order valence-corrected chi connectivity index (χ0v) is 13.1. The number of hydrogen-bond acceptors (Lipinski definition) is 5. The van der Waals surface area contributed by atoms with Gasteiger partial charge in [-0.1, -0.05) is 12.1 Å². The van der Waals surface area contributed by atoms with Crippen molar-refractivity contribution in [2.45, 2.75) is 13.1 Å². The van der Waals surface area contributed by atoms with E-state index in [1.165, 1.54) is 12.1 Å². The Morgan fingerprint density at radius 3 is 2.67 bits per heavy atom. The first-order valence-electron chi connectivity index (χ1n) is 5.93. The molecule has 6 nitrogen and oxygen atoms in total. The third kappa shape index (κ3) is 3.87. The minimum absolute atomic E-state index is 0.249. The first-order valence-corrected chi connectivity index (χ1v) is 7.54. The van der Waals surface area contributed by atoms with E-state index in [1.807, 2.05) is 12.1 Å². The predicted molar refractivity (Wildman–Crippen MR) is 82.6 cm³/mol. The molecule has 1 aromatic carbocycles. The topological polar surface area (TPSA) is 92.5 Å². The monoisotopic (exact) mass is 370 g/mol. The van der Waals surface area contributed by atoms with Gasteiger partial charge in [0.2, 0.25) is 0 Å². The van der Waals surface area contributed by atoms with Gasteiger partial charge in [-0.25, -0.2) is 4.79 Å². The van der Waals surface area contributed by atoms with Gasteiger partial charge in [-0.05, 0) is 33.6 Å². The minimum Gasteiger partial charge on any atom is -0.477 e. The number of benzene rings is 1. The summed E-state index contributed by atoms with van der Waals surface area (Å²) in [5, 5.41) is 23.2. The molecule has 0 saturated carbocycles. The first-order chi connectivity index (χ1) is 9.99. The van der Waals surface area contributed by atoms with Crippen molar-refractivity contribution in [2.75, 3.05) is 0 Å². The lowest BCUT2D eigenvalue weighted by Crippen LogP contribution is -2.16. The van der Waals surface area contributed by atoms with Crippen LogP contribution in [0.25, 0.3) is 0 Å². The molecule has 0 aliphatic carbocycles. The second kappa shape index (κ2) is 6.79. The molecular formula is C13H11BrN2O4S. The molecule has 0 aliphatic heterocycles. The molecule has 0 aliphatic rings. The second-order valence-electron chi connectivity index (χ2n) is 4.18. The average molecular weight is 371 g/mol. The number of carboxylic acid groups (broad SMARTS) is 1. The molecule has 8 heteroatoms. The van der Waals surface area contributed by atoms with Gasteiger partial charge in [-0.3, -0.25) is 10.1 Å². The molecule has 1 aromatic heterocycles. The second-order valence-corrected chi connectivity index (χ2v) is 6.73.